The first-order valence-electron chi connectivity index (χ1n) is 15.4. The first kappa shape index (κ1) is 26.0. The number of pyridine rings is 1. The van der Waals surface area contributed by atoms with Gasteiger partial charge in [-0.1, -0.05) is 37.3 Å². The number of aromatic nitrogens is 3. The number of nitrogens with one attached hydrogen (secondary N) is 1. The maximum absolute atomic E-state index is 12.5. The van der Waals surface area contributed by atoms with Crippen LogP contribution in [0.4, 0.5) is 5.69 Å². The summed E-state index contributed by atoms with van der Waals surface area (Å²) in [4.78, 5) is 19.7. The lowest BCUT2D eigenvalue weighted by Crippen LogP contribution is -2.38. The minimum absolute atomic E-state index is 0.241. The fourth-order valence-corrected chi connectivity index (χ4v) is 6.96. The topological polar surface area (TPSA) is 63.1 Å². The Morgan fingerprint density at radius 1 is 0.976 bits per heavy atom. The van der Waals surface area contributed by atoms with Crippen molar-refractivity contribution in [2.24, 2.45) is 5.92 Å². The Morgan fingerprint density at radius 2 is 1.80 bits per heavy atom. The largest absolute Gasteiger partial charge is 0.378 e. The van der Waals surface area contributed by atoms with Crippen molar-refractivity contribution >= 4 is 11.6 Å². The minimum atomic E-state index is 0.241. The van der Waals surface area contributed by atoms with Gasteiger partial charge >= 0.3 is 0 Å². The Balaban J connectivity index is 1.11. The van der Waals surface area contributed by atoms with Crippen molar-refractivity contribution in [2.45, 2.75) is 70.8 Å². The van der Waals surface area contributed by atoms with Gasteiger partial charge in [0.1, 0.15) is 0 Å². The number of amides is 1. The smallest absolute Gasteiger partial charge is 0.225 e. The number of rotatable bonds is 7. The molecule has 2 aromatic carbocycles. The summed E-state index contributed by atoms with van der Waals surface area (Å²) in [5.74, 6) is 2.10. The zero-order chi connectivity index (χ0) is 27.9. The standard InChI is InChI=1S/C35H39N5O/c1-3-24-22-28(13-14-29(24)25-17-20-39(21-18-25)35(41)27-10-11-27)37-32-15-12-26-6-4-7-30(34(26)32)31-8-5-9-33(38-31)40-23(2)16-19-36-40/h4-9,13-14,16,19,22,25,27,32,37H,3,10-12,15,17-18,20-21H2,1-2H3. The number of hydrogen-bond donors (Lipinski definition) is 1. The van der Waals surface area contributed by atoms with Crippen molar-refractivity contribution in [3.05, 3.63) is 94.8 Å². The molecule has 1 N–H and O–H groups in total. The van der Waals surface area contributed by atoms with Gasteiger partial charge in [0.2, 0.25) is 5.91 Å². The van der Waals surface area contributed by atoms with Crippen LogP contribution in [0, 0.1) is 12.8 Å². The summed E-state index contributed by atoms with van der Waals surface area (Å²) >= 11 is 0. The molecule has 6 heteroatoms. The van der Waals surface area contributed by atoms with Gasteiger partial charge in [0.05, 0.1) is 11.7 Å². The van der Waals surface area contributed by atoms with Crippen molar-refractivity contribution in [1.82, 2.24) is 19.7 Å². The number of hydrogen-bond acceptors (Lipinski definition) is 4. The number of benzene rings is 2. The third-order valence-electron chi connectivity index (χ3n) is 9.34. The Kier molecular flexibility index (Phi) is 6.85. The molecule has 2 aliphatic carbocycles. The normalized spacial score (nSPS) is 18.9. The molecule has 41 heavy (non-hydrogen) atoms. The maximum Gasteiger partial charge on any atom is 0.225 e. The molecular formula is C35H39N5O. The highest BCUT2D eigenvalue weighted by molar-refractivity contribution is 5.81. The molecule has 3 heterocycles. The predicted octanol–water partition coefficient (Wildman–Crippen LogP) is 7.02. The van der Waals surface area contributed by atoms with Gasteiger partial charge in [0, 0.05) is 42.1 Å². The average Bonchev–Trinajstić information content (AvgIpc) is 3.66. The third kappa shape index (κ3) is 5.05. The number of carbonyl (C=O) groups excluding carboxylic acids is 1. The summed E-state index contributed by atoms with van der Waals surface area (Å²) in [5.41, 5.74) is 10.1. The molecule has 0 radical (unpaired) electrons. The van der Waals surface area contributed by atoms with Gasteiger partial charge in [-0.3, -0.25) is 4.79 Å². The van der Waals surface area contributed by atoms with Crippen LogP contribution in [0.25, 0.3) is 17.1 Å². The Bertz CT molecular complexity index is 1580. The van der Waals surface area contributed by atoms with Crippen molar-refractivity contribution in [3.8, 4) is 17.1 Å². The van der Waals surface area contributed by atoms with Crippen LogP contribution in [0.5, 0.6) is 0 Å². The first-order valence-corrected chi connectivity index (χ1v) is 15.4. The van der Waals surface area contributed by atoms with Crippen molar-refractivity contribution in [2.75, 3.05) is 18.4 Å². The summed E-state index contributed by atoms with van der Waals surface area (Å²) in [6, 6.07) is 22.1. The lowest BCUT2D eigenvalue weighted by Gasteiger charge is -2.33. The number of likely N-dealkylation sites (tertiary alicyclic amines) is 1. The van der Waals surface area contributed by atoms with Gasteiger partial charge < -0.3 is 10.2 Å². The molecule has 0 spiro atoms. The number of aryl methyl sites for hydroxylation is 3. The maximum atomic E-state index is 12.5. The van der Waals surface area contributed by atoms with Crippen molar-refractivity contribution in [1.29, 1.82) is 0 Å². The minimum Gasteiger partial charge on any atom is -0.378 e. The molecule has 1 atom stereocenters. The number of piperidine rings is 1. The Labute approximate surface area is 242 Å². The van der Waals surface area contributed by atoms with E-state index in [-0.39, 0.29) is 6.04 Å². The number of nitrogens with zero attached hydrogens (tertiary/aromatic N) is 4. The molecule has 1 aliphatic heterocycles. The zero-order valence-electron chi connectivity index (χ0n) is 24.1. The first-order chi connectivity index (χ1) is 20.1. The fraction of sp³-hybridized carbons (Fsp3) is 0.400. The second-order valence-corrected chi connectivity index (χ2v) is 12.0. The summed E-state index contributed by atoms with van der Waals surface area (Å²) < 4.78 is 1.89. The molecule has 7 rings (SSSR count). The van der Waals surface area contributed by atoms with E-state index in [0.717, 1.165) is 75.2 Å². The van der Waals surface area contributed by atoms with E-state index in [4.69, 9.17) is 4.98 Å². The van der Waals surface area contributed by atoms with Gasteiger partial charge in [-0.25, -0.2) is 9.67 Å². The van der Waals surface area contributed by atoms with Crippen LogP contribution in [-0.4, -0.2) is 38.7 Å². The van der Waals surface area contributed by atoms with Gasteiger partial charge in [-0.2, -0.15) is 5.10 Å². The van der Waals surface area contributed by atoms with Crippen LogP contribution < -0.4 is 5.32 Å². The molecule has 4 aromatic rings. The third-order valence-corrected chi connectivity index (χ3v) is 9.34. The summed E-state index contributed by atoms with van der Waals surface area (Å²) in [5, 5.41) is 8.37. The molecule has 2 fully saturated rings. The lowest BCUT2D eigenvalue weighted by molar-refractivity contribution is -0.133. The van der Waals surface area contributed by atoms with Crippen LogP contribution in [-0.2, 0) is 17.6 Å². The molecule has 1 amide bonds. The van der Waals surface area contributed by atoms with Gasteiger partial charge in [0.25, 0.3) is 0 Å². The van der Waals surface area contributed by atoms with Crippen LogP contribution in [0.15, 0.2) is 66.9 Å². The quantitative estimate of drug-likeness (QED) is 0.271. The average molecular weight is 546 g/mol. The molecular weight excluding hydrogens is 506 g/mol. The van der Waals surface area contributed by atoms with E-state index in [9.17, 15) is 4.79 Å². The Hall–Kier alpha value is -3.93. The van der Waals surface area contributed by atoms with E-state index in [1.807, 2.05) is 23.0 Å². The van der Waals surface area contributed by atoms with Crippen molar-refractivity contribution in [3.63, 3.8) is 0 Å². The fourth-order valence-electron chi connectivity index (χ4n) is 6.96. The SMILES string of the molecule is CCc1cc(NC2CCc3cccc(-c4cccc(-n5nccc5C)n4)c32)ccc1C1CCN(C(=O)C2CC2)CC1. The van der Waals surface area contributed by atoms with Crippen LogP contribution in [0.1, 0.15) is 78.9 Å². The molecule has 1 saturated heterocycles. The van der Waals surface area contributed by atoms with Crippen molar-refractivity contribution < 1.29 is 4.79 Å². The molecule has 210 valence electrons. The van der Waals surface area contributed by atoms with E-state index in [1.54, 1.807) is 0 Å². The molecule has 6 nitrogen and oxygen atoms in total. The summed E-state index contributed by atoms with van der Waals surface area (Å²) in [6.07, 6.45) is 9.29. The number of anilines is 1. The lowest BCUT2D eigenvalue weighted by atomic mass is 9.85. The molecule has 0 bridgehead atoms. The monoisotopic (exact) mass is 545 g/mol. The highest BCUT2D eigenvalue weighted by Gasteiger charge is 2.35. The summed E-state index contributed by atoms with van der Waals surface area (Å²) in [7, 11) is 0. The van der Waals surface area contributed by atoms with E-state index >= 15 is 0 Å². The second kappa shape index (κ2) is 10.8. The van der Waals surface area contributed by atoms with Crippen LogP contribution in [0.3, 0.4) is 0 Å². The molecule has 3 aliphatic rings. The number of carbonyl (C=O) groups is 1. The van der Waals surface area contributed by atoms with Gasteiger partial charge in [-0.05, 0) is 110 Å². The highest BCUT2D eigenvalue weighted by atomic mass is 16.2. The van der Waals surface area contributed by atoms with E-state index < -0.39 is 0 Å². The number of fused-ring (bicyclic) bond motifs is 1. The van der Waals surface area contributed by atoms with E-state index in [0.29, 0.717) is 17.7 Å². The second-order valence-electron chi connectivity index (χ2n) is 12.0. The molecule has 1 unspecified atom stereocenters. The van der Waals surface area contributed by atoms with Gasteiger partial charge in [0.15, 0.2) is 5.82 Å². The summed E-state index contributed by atoms with van der Waals surface area (Å²) in [6.45, 7) is 6.12. The Morgan fingerprint density at radius 3 is 2.56 bits per heavy atom. The van der Waals surface area contributed by atoms with E-state index in [1.165, 1.54) is 33.5 Å². The predicted molar refractivity (Wildman–Crippen MR) is 163 cm³/mol. The molecule has 1 saturated carbocycles. The molecule has 2 aromatic heterocycles. The van der Waals surface area contributed by atoms with Crippen LogP contribution in [0.2, 0.25) is 0 Å². The zero-order valence-corrected chi connectivity index (χ0v) is 24.1. The van der Waals surface area contributed by atoms with Crippen LogP contribution >= 0.6 is 0 Å². The van der Waals surface area contributed by atoms with Gasteiger partial charge in [-0.15, -0.1) is 0 Å². The van der Waals surface area contributed by atoms with E-state index in [2.05, 4.69) is 77.7 Å². The highest BCUT2D eigenvalue weighted by Crippen LogP contribution is 2.41.